The largest absolute Gasteiger partial charge is 0.477 e. The van der Waals surface area contributed by atoms with Crippen LogP contribution in [0.1, 0.15) is 59.0 Å². The van der Waals surface area contributed by atoms with Gasteiger partial charge in [-0.25, -0.2) is 14.8 Å². The number of hydrogen-bond donors (Lipinski definition) is 1. The van der Waals surface area contributed by atoms with E-state index in [-0.39, 0.29) is 5.69 Å². The number of pyridine rings is 3. The highest BCUT2D eigenvalue weighted by molar-refractivity contribution is 6.39. The van der Waals surface area contributed by atoms with E-state index < -0.39 is 5.97 Å². The lowest BCUT2D eigenvalue weighted by atomic mass is 9.57. The molecule has 1 saturated heterocycles. The van der Waals surface area contributed by atoms with Crippen LogP contribution in [0.4, 0.5) is 5.82 Å². The molecule has 198 valence electrons. The first kappa shape index (κ1) is 24.5. The van der Waals surface area contributed by atoms with Gasteiger partial charge in [0.25, 0.3) is 0 Å². The minimum Gasteiger partial charge on any atom is -0.477 e. The molecule has 0 atom stereocenters. The van der Waals surface area contributed by atoms with Crippen LogP contribution in [0, 0.1) is 18.3 Å². The van der Waals surface area contributed by atoms with Gasteiger partial charge in [0.1, 0.15) is 23.0 Å². The molecule has 7 rings (SSSR count). The highest BCUT2D eigenvalue weighted by Crippen LogP contribution is 2.54. The molecule has 4 aromatic rings. The Kier molecular flexibility index (Phi) is 5.68. The van der Waals surface area contributed by atoms with Gasteiger partial charge in [-0.2, -0.15) is 0 Å². The molecule has 5 heterocycles. The molecule has 3 aliphatic rings. The zero-order valence-corrected chi connectivity index (χ0v) is 22.7. The van der Waals surface area contributed by atoms with E-state index in [1.807, 2.05) is 19.1 Å². The predicted octanol–water partition coefficient (Wildman–Crippen LogP) is 6.80. The van der Waals surface area contributed by atoms with Gasteiger partial charge in [-0.05, 0) is 62.3 Å². The number of fused-ring (bicyclic) bond motifs is 1. The van der Waals surface area contributed by atoms with Crippen molar-refractivity contribution in [3.05, 3.63) is 69.3 Å². The normalized spacial score (nSPS) is 18.6. The summed E-state index contributed by atoms with van der Waals surface area (Å²) in [6.45, 7) is 3.80. The molecule has 10 heteroatoms. The first-order chi connectivity index (χ1) is 18.8. The molecule has 0 amide bonds. The van der Waals surface area contributed by atoms with E-state index in [2.05, 4.69) is 32.2 Å². The number of aromatic carboxylic acids is 1. The molecule has 1 spiro atoms. The quantitative estimate of drug-likeness (QED) is 0.274. The minimum atomic E-state index is -1.03. The molecule has 3 fully saturated rings. The topological polar surface area (TPSA) is 105 Å². The summed E-state index contributed by atoms with van der Waals surface area (Å²) in [7, 11) is 0. The number of rotatable bonds is 6. The number of allylic oxidation sites excluding steroid dienone is 1. The third-order valence-electron chi connectivity index (χ3n) is 8.14. The average Bonchev–Trinajstić information content (AvgIpc) is 3.62. The van der Waals surface area contributed by atoms with Gasteiger partial charge < -0.3 is 14.5 Å². The number of carboxylic acid groups (broad SMARTS) is 1. The van der Waals surface area contributed by atoms with Crippen molar-refractivity contribution < 1.29 is 14.4 Å². The molecule has 8 nitrogen and oxygen atoms in total. The van der Waals surface area contributed by atoms with Crippen LogP contribution in [-0.4, -0.2) is 44.3 Å². The highest BCUT2D eigenvalue weighted by Gasteiger charge is 2.51. The summed E-state index contributed by atoms with van der Waals surface area (Å²) < 4.78 is 5.78. The maximum Gasteiger partial charge on any atom is 0.354 e. The van der Waals surface area contributed by atoms with E-state index >= 15 is 0 Å². The number of carbonyl (C=O) groups is 1. The monoisotopic (exact) mass is 561 g/mol. The SMILES string of the molecule is Cc1cc(C(=O)O)nc2ccc(N3CC4(CC(/C=C/c5c(-c6c(Cl)cncc6Cl)noc5C5CC5)C4)C3)nc12. The summed E-state index contributed by atoms with van der Waals surface area (Å²) in [5.74, 6) is 1.68. The van der Waals surface area contributed by atoms with Crippen molar-refractivity contribution in [3.63, 3.8) is 0 Å². The molecule has 39 heavy (non-hydrogen) atoms. The van der Waals surface area contributed by atoms with Crippen LogP contribution < -0.4 is 4.90 Å². The molecule has 0 unspecified atom stereocenters. The first-order valence-corrected chi connectivity index (χ1v) is 13.8. The molecular formula is C29H25Cl2N5O3. The maximum absolute atomic E-state index is 11.3. The summed E-state index contributed by atoms with van der Waals surface area (Å²) in [6, 6.07) is 5.38. The lowest BCUT2D eigenvalue weighted by Gasteiger charge is -2.59. The summed E-state index contributed by atoms with van der Waals surface area (Å²) >= 11 is 12.9. The summed E-state index contributed by atoms with van der Waals surface area (Å²) in [4.78, 5) is 26.7. The van der Waals surface area contributed by atoms with Crippen LogP contribution in [0.25, 0.3) is 28.4 Å². The molecule has 0 aromatic carbocycles. The number of hydrogen-bond acceptors (Lipinski definition) is 7. The van der Waals surface area contributed by atoms with E-state index in [1.165, 1.54) is 0 Å². The van der Waals surface area contributed by atoms with Crippen molar-refractivity contribution in [2.75, 3.05) is 18.0 Å². The van der Waals surface area contributed by atoms with Gasteiger partial charge in [0, 0.05) is 47.9 Å². The molecule has 2 saturated carbocycles. The van der Waals surface area contributed by atoms with E-state index in [0.29, 0.717) is 44.1 Å². The second-order valence-corrected chi connectivity index (χ2v) is 11.9. The minimum absolute atomic E-state index is 0.0422. The standard InChI is InChI=1S/C29H25Cl2N5O3/c1-15-8-22(28(37)38)33-21-6-7-23(34-25(15)21)36-13-29(14-36)9-16(10-29)2-5-18-26(35-39-27(18)17-3-4-17)24-19(30)11-32-12-20(24)31/h2,5-8,11-12,16-17H,3-4,9-10,13-14H2,1H3,(H,37,38)/b5-2+. The zero-order valence-electron chi connectivity index (χ0n) is 21.2. The molecule has 4 aromatic heterocycles. The fraction of sp³-hybridized carbons (Fsp3) is 0.345. The maximum atomic E-state index is 11.3. The lowest BCUT2D eigenvalue weighted by molar-refractivity contribution is 0.0480. The highest BCUT2D eigenvalue weighted by atomic mass is 35.5. The average molecular weight is 562 g/mol. The Balaban J connectivity index is 1.05. The molecule has 1 aliphatic heterocycles. The van der Waals surface area contributed by atoms with Crippen LogP contribution >= 0.6 is 23.2 Å². The molecule has 1 N–H and O–H groups in total. The Morgan fingerprint density at radius 3 is 2.59 bits per heavy atom. The second kappa shape index (κ2) is 9.03. The third kappa shape index (κ3) is 4.26. The van der Waals surface area contributed by atoms with Gasteiger partial charge in [0.15, 0.2) is 0 Å². The summed E-state index contributed by atoms with van der Waals surface area (Å²) in [5.41, 5.74) is 4.83. The van der Waals surface area contributed by atoms with E-state index in [1.54, 1.807) is 18.5 Å². The summed E-state index contributed by atoms with van der Waals surface area (Å²) in [6.07, 6.45) is 12.0. The fourth-order valence-corrected chi connectivity index (χ4v) is 6.62. The first-order valence-electron chi connectivity index (χ1n) is 13.0. The molecule has 0 radical (unpaired) electrons. The number of anilines is 1. The third-order valence-corrected chi connectivity index (χ3v) is 8.72. The van der Waals surface area contributed by atoms with E-state index in [0.717, 1.165) is 67.0 Å². The van der Waals surface area contributed by atoms with E-state index in [4.69, 9.17) is 32.7 Å². The molecular weight excluding hydrogens is 537 g/mol. The van der Waals surface area contributed by atoms with Crippen molar-refractivity contribution in [1.29, 1.82) is 0 Å². The van der Waals surface area contributed by atoms with Crippen molar-refractivity contribution in [2.24, 2.45) is 11.3 Å². The number of aryl methyl sites for hydroxylation is 1. The molecule has 0 bridgehead atoms. The van der Waals surface area contributed by atoms with Crippen molar-refractivity contribution >= 4 is 52.1 Å². The Morgan fingerprint density at radius 1 is 1.15 bits per heavy atom. The smallest absolute Gasteiger partial charge is 0.354 e. The van der Waals surface area contributed by atoms with Gasteiger partial charge in [-0.1, -0.05) is 40.5 Å². The predicted molar refractivity (Wildman–Crippen MR) is 149 cm³/mol. The van der Waals surface area contributed by atoms with Gasteiger partial charge in [0.2, 0.25) is 0 Å². The zero-order chi connectivity index (χ0) is 26.9. The van der Waals surface area contributed by atoms with Crippen LogP contribution in [0.5, 0.6) is 0 Å². The van der Waals surface area contributed by atoms with Crippen LogP contribution in [0.2, 0.25) is 10.0 Å². The van der Waals surface area contributed by atoms with Gasteiger partial charge in [-0.15, -0.1) is 0 Å². The number of halogens is 2. The number of aromatic nitrogens is 4. The van der Waals surface area contributed by atoms with Gasteiger partial charge in [0.05, 0.1) is 21.1 Å². The van der Waals surface area contributed by atoms with Gasteiger partial charge >= 0.3 is 5.97 Å². The van der Waals surface area contributed by atoms with Crippen LogP contribution in [0.15, 0.2) is 41.2 Å². The number of carboxylic acids is 1. The Bertz CT molecular complexity index is 1640. The van der Waals surface area contributed by atoms with Crippen LogP contribution in [0.3, 0.4) is 0 Å². The van der Waals surface area contributed by atoms with E-state index in [9.17, 15) is 9.90 Å². The Morgan fingerprint density at radius 2 is 1.90 bits per heavy atom. The van der Waals surface area contributed by atoms with Crippen molar-refractivity contribution in [1.82, 2.24) is 20.1 Å². The Hall–Kier alpha value is -3.49. The fourth-order valence-electron chi connectivity index (χ4n) is 6.08. The van der Waals surface area contributed by atoms with Crippen molar-refractivity contribution in [2.45, 2.75) is 38.5 Å². The second-order valence-electron chi connectivity index (χ2n) is 11.1. The Labute approximate surface area is 234 Å². The molecule has 2 aliphatic carbocycles. The number of nitrogens with zero attached hydrogens (tertiary/aromatic N) is 5. The summed E-state index contributed by atoms with van der Waals surface area (Å²) in [5, 5.41) is 14.6. The van der Waals surface area contributed by atoms with Gasteiger partial charge in [-0.3, -0.25) is 4.98 Å². The lowest BCUT2D eigenvalue weighted by Crippen LogP contribution is -2.62. The van der Waals surface area contributed by atoms with Crippen LogP contribution in [-0.2, 0) is 0 Å². The van der Waals surface area contributed by atoms with Crippen molar-refractivity contribution in [3.8, 4) is 11.3 Å².